The Morgan fingerprint density at radius 2 is 1.64 bits per heavy atom. The van der Waals surface area contributed by atoms with Crippen LogP contribution in [0.2, 0.25) is 10.0 Å². The van der Waals surface area contributed by atoms with Crippen LogP contribution in [0.5, 0.6) is 0 Å². The summed E-state index contributed by atoms with van der Waals surface area (Å²) >= 11 is 11.8. The lowest BCUT2D eigenvalue weighted by molar-refractivity contribution is -0.126. The Morgan fingerprint density at radius 3 is 2.25 bits per heavy atom. The monoisotopic (exact) mass is 440 g/mol. The van der Waals surface area contributed by atoms with Crippen molar-refractivity contribution in [1.29, 1.82) is 0 Å². The van der Waals surface area contributed by atoms with Gasteiger partial charge >= 0.3 is 0 Å². The smallest absolute Gasteiger partial charge is 0.243 e. The van der Waals surface area contributed by atoms with Gasteiger partial charge in [0.25, 0.3) is 0 Å². The molecular formula is C20H22Cl2N2O3S. The van der Waals surface area contributed by atoms with E-state index >= 15 is 0 Å². The summed E-state index contributed by atoms with van der Waals surface area (Å²) in [5, 5.41) is 4.10. The van der Waals surface area contributed by atoms with Crippen molar-refractivity contribution in [2.75, 3.05) is 13.1 Å². The van der Waals surface area contributed by atoms with Crippen molar-refractivity contribution in [2.45, 2.75) is 30.7 Å². The van der Waals surface area contributed by atoms with E-state index in [-0.39, 0.29) is 29.3 Å². The molecule has 0 unspecified atom stereocenters. The summed E-state index contributed by atoms with van der Waals surface area (Å²) in [7, 11) is -3.65. The maximum atomic E-state index is 12.9. The third kappa shape index (κ3) is 4.87. The van der Waals surface area contributed by atoms with Gasteiger partial charge in [-0.25, -0.2) is 8.42 Å². The quantitative estimate of drug-likeness (QED) is 0.754. The van der Waals surface area contributed by atoms with Crippen molar-refractivity contribution >= 4 is 39.1 Å². The summed E-state index contributed by atoms with van der Waals surface area (Å²) in [4.78, 5) is 12.9. The molecule has 1 N–H and O–H groups in total. The van der Waals surface area contributed by atoms with Gasteiger partial charge in [-0.3, -0.25) is 4.79 Å². The molecule has 1 heterocycles. The van der Waals surface area contributed by atoms with Gasteiger partial charge in [-0.1, -0.05) is 35.3 Å². The Labute approximate surface area is 175 Å². The largest absolute Gasteiger partial charge is 0.349 e. The second kappa shape index (κ2) is 8.82. The zero-order valence-electron chi connectivity index (χ0n) is 15.4. The first-order chi connectivity index (χ1) is 13.3. The molecular weight excluding hydrogens is 419 g/mol. The van der Waals surface area contributed by atoms with E-state index in [1.54, 1.807) is 24.3 Å². The number of sulfonamides is 1. The van der Waals surface area contributed by atoms with E-state index in [1.807, 2.05) is 19.1 Å². The molecule has 0 aliphatic carbocycles. The third-order valence-electron chi connectivity index (χ3n) is 4.94. The van der Waals surface area contributed by atoms with Crippen LogP contribution in [-0.2, 0) is 14.8 Å². The summed E-state index contributed by atoms with van der Waals surface area (Å²) in [6.45, 7) is 2.47. The molecule has 0 bridgehead atoms. The lowest BCUT2D eigenvalue weighted by atomic mass is 9.98. The van der Waals surface area contributed by atoms with Crippen LogP contribution in [0, 0.1) is 5.92 Å². The number of carbonyl (C=O) groups excluding carboxylic acids is 1. The van der Waals surface area contributed by atoms with Crippen LogP contribution in [0.4, 0.5) is 0 Å². The predicted octanol–water partition coefficient (Wildman–Crippen LogP) is 4.27. The fourth-order valence-corrected chi connectivity index (χ4v) is 5.07. The Bertz CT molecular complexity index is 931. The van der Waals surface area contributed by atoms with Crippen molar-refractivity contribution in [2.24, 2.45) is 5.92 Å². The summed E-state index contributed by atoms with van der Waals surface area (Å²) < 4.78 is 27.1. The first kappa shape index (κ1) is 21.1. The fraction of sp³-hybridized carbons (Fsp3) is 0.350. The van der Waals surface area contributed by atoms with Crippen LogP contribution in [0.1, 0.15) is 31.4 Å². The van der Waals surface area contributed by atoms with Crippen molar-refractivity contribution < 1.29 is 13.2 Å². The van der Waals surface area contributed by atoms with Crippen LogP contribution >= 0.6 is 23.2 Å². The number of hydrogen-bond donors (Lipinski definition) is 1. The molecule has 0 radical (unpaired) electrons. The molecule has 3 rings (SSSR count). The average molecular weight is 441 g/mol. The summed E-state index contributed by atoms with van der Waals surface area (Å²) in [5.74, 6) is -0.524. The van der Waals surface area contributed by atoms with E-state index < -0.39 is 10.0 Å². The molecule has 150 valence electrons. The number of hydrogen-bond acceptors (Lipinski definition) is 3. The van der Waals surface area contributed by atoms with Crippen LogP contribution in [-0.4, -0.2) is 31.7 Å². The van der Waals surface area contributed by atoms with Gasteiger partial charge in [-0.2, -0.15) is 4.31 Å². The number of nitrogens with one attached hydrogen (secondary N) is 1. The van der Waals surface area contributed by atoms with Gasteiger partial charge in [-0.15, -0.1) is 0 Å². The molecule has 0 saturated carbocycles. The van der Waals surface area contributed by atoms with Crippen molar-refractivity contribution in [3.05, 3.63) is 64.1 Å². The molecule has 2 atom stereocenters. The molecule has 1 aliphatic rings. The lowest BCUT2D eigenvalue weighted by Crippen LogP contribution is -2.45. The van der Waals surface area contributed by atoms with Crippen molar-refractivity contribution in [3.63, 3.8) is 0 Å². The minimum Gasteiger partial charge on any atom is -0.349 e. The third-order valence-corrected chi connectivity index (χ3v) is 7.32. The molecule has 0 spiro atoms. The minimum absolute atomic E-state index is 0.140. The van der Waals surface area contributed by atoms with E-state index in [0.29, 0.717) is 29.4 Å². The summed E-state index contributed by atoms with van der Waals surface area (Å²) in [6, 6.07) is 13.2. The standard InChI is InChI=1S/C20H22Cl2N2O3S/c1-14(15-4-6-17(21)7-5-15)23-20(25)16-3-2-12-24(13-16)28(26,27)19-10-8-18(22)9-11-19/h4-11,14,16H,2-3,12-13H2,1H3,(H,23,25)/t14-,16-/m1/s1. The summed E-state index contributed by atoms with van der Waals surface area (Å²) in [5.41, 5.74) is 0.944. The predicted molar refractivity (Wildman–Crippen MR) is 111 cm³/mol. The van der Waals surface area contributed by atoms with Crippen LogP contribution in [0.15, 0.2) is 53.4 Å². The first-order valence-electron chi connectivity index (χ1n) is 9.09. The zero-order valence-corrected chi connectivity index (χ0v) is 17.8. The SMILES string of the molecule is C[C@@H](NC(=O)[C@@H]1CCCN(S(=O)(=O)c2ccc(Cl)cc2)C1)c1ccc(Cl)cc1. The number of nitrogens with zero attached hydrogens (tertiary/aromatic N) is 1. The number of piperidine rings is 1. The van der Waals surface area contributed by atoms with Gasteiger partial charge in [0.1, 0.15) is 0 Å². The van der Waals surface area contributed by atoms with E-state index in [2.05, 4.69) is 5.32 Å². The number of amides is 1. The van der Waals surface area contributed by atoms with Gasteiger partial charge < -0.3 is 5.32 Å². The Kier molecular flexibility index (Phi) is 6.65. The van der Waals surface area contributed by atoms with Gasteiger partial charge in [0.15, 0.2) is 0 Å². The molecule has 1 fully saturated rings. The Balaban J connectivity index is 1.67. The van der Waals surface area contributed by atoms with Crippen molar-refractivity contribution in [3.8, 4) is 0 Å². The van der Waals surface area contributed by atoms with Crippen LogP contribution in [0.25, 0.3) is 0 Å². The fourth-order valence-electron chi connectivity index (χ4n) is 3.30. The summed E-state index contributed by atoms with van der Waals surface area (Å²) in [6.07, 6.45) is 1.30. The van der Waals surface area contributed by atoms with Crippen LogP contribution in [0.3, 0.4) is 0 Å². The average Bonchev–Trinajstić information content (AvgIpc) is 2.69. The number of benzene rings is 2. The molecule has 28 heavy (non-hydrogen) atoms. The van der Waals surface area contributed by atoms with Gasteiger partial charge in [-0.05, 0) is 61.7 Å². The Morgan fingerprint density at radius 1 is 1.07 bits per heavy atom. The first-order valence-corrected chi connectivity index (χ1v) is 11.3. The van der Waals surface area contributed by atoms with E-state index in [4.69, 9.17) is 23.2 Å². The van der Waals surface area contributed by atoms with Gasteiger partial charge in [0, 0.05) is 23.1 Å². The maximum Gasteiger partial charge on any atom is 0.243 e. The highest BCUT2D eigenvalue weighted by Crippen LogP contribution is 2.25. The van der Waals surface area contributed by atoms with Crippen LogP contribution < -0.4 is 5.32 Å². The van der Waals surface area contributed by atoms with E-state index in [0.717, 1.165) is 5.56 Å². The molecule has 8 heteroatoms. The molecule has 5 nitrogen and oxygen atoms in total. The lowest BCUT2D eigenvalue weighted by Gasteiger charge is -2.32. The van der Waals surface area contributed by atoms with E-state index in [1.165, 1.54) is 16.4 Å². The molecule has 1 amide bonds. The number of rotatable bonds is 5. The molecule has 1 saturated heterocycles. The van der Waals surface area contributed by atoms with Gasteiger partial charge in [0.2, 0.25) is 15.9 Å². The molecule has 0 aromatic heterocycles. The highest BCUT2D eigenvalue weighted by Gasteiger charge is 2.33. The Hall–Kier alpha value is -1.60. The highest BCUT2D eigenvalue weighted by atomic mass is 35.5. The molecule has 1 aliphatic heterocycles. The van der Waals surface area contributed by atoms with Gasteiger partial charge in [0.05, 0.1) is 16.9 Å². The molecule has 2 aromatic rings. The number of carbonyl (C=O) groups is 1. The second-order valence-corrected chi connectivity index (χ2v) is 9.75. The van der Waals surface area contributed by atoms with Crippen molar-refractivity contribution in [1.82, 2.24) is 9.62 Å². The minimum atomic E-state index is -3.65. The maximum absolute atomic E-state index is 12.9. The number of halogens is 2. The second-order valence-electron chi connectivity index (χ2n) is 6.94. The topological polar surface area (TPSA) is 66.5 Å². The van der Waals surface area contributed by atoms with E-state index in [9.17, 15) is 13.2 Å². The normalized spacial score (nSPS) is 19.2. The highest BCUT2D eigenvalue weighted by molar-refractivity contribution is 7.89. The zero-order chi connectivity index (χ0) is 20.3. The molecule has 2 aromatic carbocycles.